The van der Waals surface area contributed by atoms with E-state index in [9.17, 15) is 4.79 Å². The summed E-state index contributed by atoms with van der Waals surface area (Å²) in [5, 5.41) is 20.9. The van der Waals surface area contributed by atoms with E-state index in [1.807, 2.05) is 17.8 Å². The maximum atomic E-state index is 12.3. The first-order valence-electron chi connectivity index (χ1n) is 9.20. The molecule has 1 unspecified atom stereocenters. The molecule has 3 N–H and O–H groups in total. The molecule has 26 heavy (non-hydrogen) atoms. The summed E-state index contributed by atoms with van der Waals surface area (Å²) < 4.78 is 7.29. The molecule has 1 aliphatic rings. The monoisotopic (exact) mass is 361 g/mol. The topological polar surface area (TPSA) is 101 Å². The summed E-state index contributed by atoms with van der Waals surface area (Å²) in [6.07, 6.45) is 5.63. The second-order valence-electron chi connectivity index (χ2n) is 6.71. The number of fused-ring (bicyclic) bond motifs is 1. The Morgan fingerprint density at radius 1 is 1.42 bits per heavy atom. The van der Waals surface area contributed by atoms with Gasteiger partial charge in [0.15, 0.2) is 5.65 Å². The first-order valence-corrected chi connectivity index (χ1v) is 9.20. The Hall–Kier alpha value is -2.19. The molecule has 1 aliphatic heterocycles. The molecule has 0 spiro atoms. The van der Waals surface area contributed by atoms with Gasteiger partial charge in [-0.05, 0) is 26.7 Å². The second kappa shape index (κ2) is 8.46. The zero-order chi connectivity index (χ0) is 18.5. The van der Waals surface area contributed by atoms with Crippen molar-refractivity contribution in [3.63, 3.8) is 0 Å². The molecule has 0 aliphatic carbocycles. The van der Waals surface area contributed by atoms with Crippen molar-refractivity contribution in [3.05, 3.63) is 18.0 Å². The number of carbonyl (C=O) groups excluding carboxylic acids is 1. The summed E-state index contributed by atoms with van der Waals surface area (Å²) in [6, 6.07) is 0.0337. The molecule has 1 atom stereocenters. The van der Waals surface area contributed by atoms with Crippen molar-refractivity contribution in [2.75, 3.05) is 25.1 Å². The van der Waals surface area contributed by atoms with E-state index >= 15 is 0 Å². The molecular weight excluding hydrogens is 334 g/mol. The number of aromatic nitrogens is 3. The fraction of sp³-hybridized carbons (Fsp3) is 0.611. The molecular formula is C18H27N5O3. The van der Waals surface area contributed by atoms with E-state index in [1.54, 1.807) is 13.1 Å². The highest BCUT2D eigenvalue weighted by Gasteiger charge is 2.20. The van der Waals surface area contributed by atoms with Gasteiger partial charge in [0.2, 0.25) is 5.91 Å². The van der Waals surface area contributed by atoms with Crippen LogP contribution in [0, 0.1) is 0 Å². The Balaban J connectivity index is 1.90. The fourth-order valence-corrected chi connectivity index (χ4v) is 3.19. The van der Waals surface area contributed by atoms with Crippen molar-refractivity contribution >= 4 is 22.6 Å². The number of pyridine rings is 1. The number of amides is 1. The van der Waals surface area contributed by atoms with Crippen LogP contribution < -0.4 is 10.6 Å². The lowest BCUT2D eigenvalue weighted by Gasteiger charge is -2.25. The fourth-order valence-electron chi connectivity index (χ4n) is 3.19. The van der Waals surface area contributed by atoms with Crippen LogP contribution in [0.2, 0.25) is 0 Å². The molecule has 0 bridgehead atoms. The van der Waals surface area contributed by atoms with Crippen molar-refractivity contribution < 1.29 is 14.6 Å². The number of hydrogen-bond donors (Lipinski definition) is 3. The van der Waals surface area contributed by atoms with Crippen LogP contribution >= 0.6 is 0 Å². The van der Waals surface area contributed by atoms with Crippen LogP contribution in [0.15, 0.2) is 12.4 Å². The standard InChI is InChI=1S/C18H27N5O3/c1-3-23-18-15(10-20-23)17(22-14-4-6-26-7-5-14)13(9-19-18)8-16(25)21-12(2)11-24/h9-10,12,14,24H,3-8,11H2,1-2H3,(H,19,22)(H,21,25). The average molecular weight is 361 g/mol. The highest BCUT2D eigenvalue weighted by atomic mass is 16.5. The first kappa shape index (κ1) is 18.6. The predicted octanol–water partition coefficient (Wildman–Crippen LogP) is 1.08. The van der Waals surface area contributed by atoms with Crippen LogP contribution in [-0.4, -0.2) is 57.7 Å². The van der Waals surface area contributed by atoms with Crippen LogP contribution in [-0.2, 0) is 22.5 Å². The number of aliphatic hydroxyl groups is 1. The third kappa shape index (κ3) is 4.13. The van der Waals surface area contributed by atoms with Gasteiger partial charge in [0.1, 0.15) is 0 Å². The van der Waals surface area contributed by atoms with E-state index in [2.05, 4.69) is 20.7 Å². The highest BCUT2D eigenvalue weighted by Crippen LogP contribution is 2.28. The second-order valence-corrected chi connectivity index (χ2v) is 6.71. The molecule has 3 rings (SSSR count). The quantitative estimate of drug-likeness (QED) is 0.682. The van der Waals surface area contributed by atoms with E-state index in [0.717, 1.165) is 54.9 Å². The minimum Gasteiger partial charge on any atom is -0.394 e. The van der Waals surface area contributed by atoms with E-state index in [4.69, 9.17) is 9.84 Å². The number of hydrogen-bond acceptors (Lipinski definition) is 6. The van der Waals surface area contributed by atoms with Crippen molar-refractivity contribution in [2.24, 2.45) is 0 Å². The number of anilines is 1. The molecule has 0 aromatic carbocycles. The largest absolute Gasteiger partial charge is 0.394 e. The van der Waals surface area contributed by atoms with Crippen LogP contribution in [0.5, 0.6) is 0 Å². The zero-order valence-corrected chi connectivity index (χ0v) is 15.4. The van der Waals surface area contributed by atoms with Gasteiger partial charge >= 0.3 is 0 Å². The van der Waals surface area contributed by atoms with Crippen molar-refractivity contribution in [3.8, 4) is 0 Å². The molecule has 0 radical (unpaired) electrons. The summed E-state index contributed by atoms with van der Waals surface area (Å²) in [5.74, 6) is -0.134. The minimum absolute atomic E-state index is 0.0839. The highest BCUT2D eigenvalue weighted by molar-refractivity contribution is 5.93. The number of aliphatic hydroxyl groups excluding tert-OH is 1. The third-order valence-electron chi connectivity index (χ3n) is 4.65. The maximum Gasteiger partial charge on any atom is 0.224 e. The van der Waals surface area contributed by atoms with Gasteiger partial charge in [-0.25, -0.2) is 9.67 Å². The maximum absolute atomic E-state index is 12.3. The van der Waals surface area contributed by atoms with E-state index in [1.165, 1.54) is 0 Å². The van der Waals surface area contributed by atoms with E-state index in [0.29, 0.717) is 6.04 Å². The lowest BCUT2D eigenvalue weighted by Crippen LogP contribution is -2.36. The SMILES string of the molecule is CCn1ncc2c(NC3CCOCC3)c(CC(=O)NC(C)CO)cnc21. The summed E-state index contributed by atoms with van der Waals surface area (Å²) >= 11 is 0. The number of ether oxygens (including phenoxy) is 1. The Kier molecular flexibility index (Phi) is 6.05. The lowest BCUT2D eigenvalue weighted by atomic mass is 10.0. The molecule has 8 heteroatoms. The summed E-state index contributed by atoms with van der Waals surface area (Å²) in [7, 11) is 0. The van der Waals surface area contributed by atoms with E-state index < -0.39 is 0 Å². The molecule has 142 valence electrons. The molecule has 8 nitrogen and oxygen atoms in total. The molecule has 0 saturated carbocycles. The summed E-state index contributed by atoms with van der Waals surface area (Å²) in [6.45, 7) is 5.93. The average Bonchev–Trinajstić information content (AvgIpc) is 3.07. The first-order chi connectivity index (χ1) is 12.6. The Bertz CT molecular complexity index is 755. The normalized spacial score (nSPS) is 16.6. The summed E-state index contributed by atoms with van der Waals surface area (Å²) in [4.78, 5) is 16.8. The summed E-state index contributed by atoms with van der Waals surface area (Å²) in [5.41, 5.74) is 2.57. The minimum atomic E-state index is -0.270. The van der Waals surface area contributed by atoms with Crippen LogP contribution in [0.4, 0.5) is 5.69 Å². The molecule has 2 aromatic rings. The molecule has 1 saturated heterocycles. The van der Waals surface area contributed by atoms with Crippen molar-refractivity contribution in [1.82, 2.24) is 20.1 Å². The number of nitrogens with zero attached hydrogens (tertiary/aromatic N) is 3. The molecule has 1 fully saturated rings. The van der Waals surface area contributed by atoms with Gasteiger partial charge < -0.3 is 20.5 Å². The van der Waals surface area contributed by atoms with Gasteiger partial charge in [-0.3, -0.25) is 4.79 Å². The number of rotatable bonds is 7. The number of aryl methyl sites for hydroxylation is 1. The van der Waals surface area contributed by atoms with Crippen LogP contribution in [0.25, 0.3) is 11.0 Å². The smallest absolute Gasteiger partial charge is 0.224 e. The van der Waals surface area contributed by atoms with Crippen LogP contribution in [0.3, 0.4) is 0 Å². The third-order valence-corrected chi connectivity index (χ3v) is 4.65. The van der Waals surface area contributed by atoms with Gasteiger partial charge in [0.05, 0.1) is 30.3 Å². The van der Waals surface area contributed by atoms with Gasteiger partial charge in [-0.2, -0.15) is 5.10 Å². The molecule has 3 heterocycles. The zero-order valence-electron chi connectivity index (χ0n) is 15.4. The number of carbonyl (C=O) groups is 1. The number of nitrogens with one attached hydrogen (secondary N) is 2. The Morgan fingerprint density at radius 2 is 2.19 bits per heavy atom. The van der Waals surface area contributed by atoms with Gasteiger partial charge in [-0.1, -0.05) is 0 Å². The predicted molar refractivity (Wildman–Crippen MR) is 99.1 cm³/mol. The van der Waals surface area contributed by atoms with Crippen molar-refractivity contribution in [2.45, 2.75) is 51.7 Å². The molecule has 1 amide bonds. The molecule has 2 aromatic heterocycles. The Labute approximate surface area is 152 Å². The van der Waals surface area contributed by atoms with Gasteiger partial charge in [0.25, 0.3) is 0 Å². The Morgan fingerprint density at radius 3 is 2.88 bits per heavy atom. The van der Waals surface area contributed by atoms with Gasteiger partial charge in [0, 0.05) is 43.6 Å². The van der Waals surface area contributed by atoms with Crippen LogP contribution in [0.1, 0.15) is 32.3 Å². The van der Waals surface area contributed by atoms with Crippen molar-refractivity contribution in [1.29, 1.82) is 0 Å². The van der Waals surface area contributed by atoms with Gasteiger partial charge in [-0.15, -0.1) is 0 Å². The lowest BCUT2D eigenvalue weighted by molar-refractivity contribution is -0.121. The van der Waals surface area contributed by atoms with E-state index in [-0.39, 0.29) is 25.0 Å².